The van der Waals surface area contributed by atoms with E-state index in [2.05, 4.69) is 14.8 Å². The number of hydrogen-bond donors (Lipinski definition) is 1. The van der Waals surface area contributed by atoms with Crippen LogP contribution in [-0.2, 0) is 4.79 Å². The molecule has 2 fully saturated rings. The minimum atomic E-state index is -0.794. The number of aliphatic carboxylic acids is 1. The molecule has 0 unspecified atom stereocenters. The van der Waals surface area contributed by atoms with Crippen molar-refractivity contribution >= 4 is 17.7 Å². The van der Waals surface area contributed by atoms with Crippen LogP contribution in [0, 0.1) is 0 Å². The van der Waals surface area contributed by atoms with Crippen LogP contribution in [0.4, 0.5) is 0 Å². The minimum Gasteiger partial charge on any atom is -0.481 e. The van der Waals surface area contributed by atoms with Gasteiger partial charge in [-0.25, -0.2) is 0 Å². The first-order valence-electron chi connectivity index (χ1n) is 8.05. The van der Waals surface area contributed by atoms with Gasteiger partial charge in [0.25, 0.3) is 0 Å². The van der Waals surface area contributed by atoms with Crippen LogP contribution in [-0.4, -0.2) is 31.6 Å². The van der Waals surface area contributed by atoms with Crippen LogP contribution in [0.3, 0.4) is 0 Å². The molecule has 5 nitrogen and oxygen atoms in total. The number of rotatable bonds is 5. The van der Waals surface area contributed by atoms with E-state index in [-0.39, 0.29) is 5.75 Å². The lowest BCUT2D eigenvalue weighted by atomic mass is 9.90. The Morgan fingerprint density at radius 3 is 2.38 bits per heavy atom. The van der Waals surface area contributed by atoms with Gasteiger partial charge in [0.2, 0.25) is 0 Å². The Morgan fingerprint density at radius 1 is 1.10 bits per heavy atom. The van der Waals surface area contributed by atoms with Crippen LogP contribution in [0.15, 0.2) is 5.16 Å². The van der Waals surface area contributed by atoms with Gasteiger partial charge in [-0.1, -0.05) is 43.9 Å². The first-order chi connectivity index (χ1) is 10.3. The molecule has 0 radical (unpaired) electrons. The maximum atomic E-state index is 10.8. The van der Waals surface area contributed by atoms with Gasteiger partial charge in [-0.15, -0.1) is 10.2 Å². The number of nitrogens with zero attached hydrogens (tertiary/aromatic N) is 3. The summed E-state index contributed by atoms with van der Waals surface area (Å²) in [6, 6.07) is 0.511. The molecule has 1 heterocycles. The first-order valence-corrected chi connectivity index (χ1v) is 9.03. The van der Waals surface area contributed by atoms with E-state index < -0.39 is 5.97 Å². The van der Waals surface area contributed by atoms with Crippen LogP contribution >= 0.6 is 11.8 Å². The zero-order valence-corrected chi connectivity index (χ0v) is 13.1. The van der Waals surface area contributed by atoms with Crippen LogP contribution in [0.25, 0.3) is 0 Å². The topological polar surface area (TPSA) is 68.0 Å². The molecule has 1 aromatic rings. The molecule has 2 saturated carbocycles. The molecule has 2 aliphatic carbocycles. The Labute approximate surface area is 129 Å². The third kappa shape index (κ3) is 3.78. The summed E-state index contributed by atoms with van der Waals surface area (Å²) in [7, 11) is 0. The van der Waals surface area contributed by atoms with Crippen molar-refractivity contribution in [2.24, 2.45) is 0 Å². The van der Waals surface area contributed by atoms with Gasteiger partial charge in [0.05, 0.1) is 5.75 Å². The highest BCUT2D eigenvalue weighted by Crippen LogP contribution is 2.42. The fourth-order valence-electron chi connectivity index (χ4n) is 3.18. The number of aromatic nitrogens is 3. The third-order valence-electron chi connectivity index (χ3n) is 4.40. The van der Waals surface area contributed by atoms with Crippen molar-refractivity contribution in [2.75, 3.05) is 5.75 Å². The van der Waals surface area contributed by atoms with Crippen molar-refractivity contribution in [3.05, 3.63) is 5.82 Å². The van der Waals surface area contributed by atoms with E-state index in [1.165, 1.54) is 69.5 Å². The van der Waals surface area contributed by atoms with E-state index >= 15 is 0 Å². The summed E-state index contributed by atoms with van der Waals surface area (Å²) in [5, 5.41) is 18.4. The van der Waals surface area contributed by atoms with Gasteiger partial charge in [-0.3, -0.25) is 4.79 Å². The predicted molar refractivity (Wildman–Crippen MR) is 81.7 cm³/mol. The lowest BCUT2D eigenvalue weighted by molar-refractivity contribution is -0.133. The van der Waals surface area contributed by atoms with Crippen LogP contribution in [0.5, 0.6) is 0 Å². The van der Waals surface area contributed by atoms with Crippen molar-refractivity contribution in [3.8, 4) is 0 Å². The summed E-state index contributed by atoms with van der Waals surface area (Å²) >= 11 is 1.31. The molecule has 6 heteroatoms. The average Bonchev–Trinajstić information content (AvgIpc) is 3.17. The monoisotopic (exact) mass is 309 g/mol. The Bertz CT molecular complexity index is 491. The van der Waals surface area contributed by atoms with E-state index in [9.17, 15) is 4.79 Å². The number of carboxylic acid groups (broad SMARTS) is 1. The van der Waals surface area contributed by atoms with E-state index in [0.29, 0.717) is 12.0 Å². The number of carboxylic acids is 1. The Morgan fingerprint density at radius 2 is 1.76 bits per heavy atom. The molecule has 1 aromatic heterocycles. The quantitative estimate of drug-likeness (QED) is 0.841. The number of carbonyl (C=O) groups is 1. The molecule has 116 valence electrons. The average molecular weight is 309 g/mol. The number of hydrogen-bond acceptors (Lipinski definition) is 4. The molecule has 3 rings (SSSR count). The molecule has 0 saturated heterocycles. The largest absolute Gasteiger partial charge is 0.481 e. The van der Waals surface area contributed by atoms with Crippen molar-refractivity contribution < 1.29 is 9.90 Å². The second-order valence-electron chi connectivity index (χ2n) is 6.17. The fraction of sp³-hybridized carbons (Fsp3) is 0.800. The van der Waals surface area contributed by atoms with Crippen molar-refractivity contribution in [3.63, 3.8) is 0 Å². The third-order valence-corrected chi connectivity index (χ3v) is 5.33. The zero-order valence-electron chi connectivity index (χ0n) is 12.3. The molecule has 1 N–H and O–H groups in total. The predicted octanol–water partition coefficient (Wildman–Crippen LogP) is 3.62. The Kier molecular flexibility index (Phi) is 4.83. The first kappa shape index (κ1) is 14.9. The lowest BCUT2D eigenvalue weighted by Crippen LogP contribution is -2.11. The summed E-state index contributed by atoms with van der Waals surface area (Å²) in [6.07, 6.45) is 11.3. The van der Waals surface area contributed by atoms with E-state index in [0.717, 1.165) is 11.0 Å². The maximum Gasteiger partial charge on any atom is 0.313 e. The Balaban J connectivity index is 1.78. The summed E-state index contributed by atoms with van der Waals surface area (Å²) in [5.41, 5.74) is 0. The highest BCUT2D eigenvalue weighted by molar-refractivity contribution is 7.99. The molecule has 0 atom stereocenters. The van der Waals surface area contributed by atoms with Gasteiger partial charge < -0.3 is 9.67 Å². The summed E-state index contributed by atoms with van der Waals surface area (Å²) in [4.78, 5) is 10.8. The lowest BCUT2D eigenvalue weighted by Gasteiger charge is -2.20. The van der Waals surface area contributed by atoms with Crippen LogP contribution in [0.1, 0.15) is 75.6 Å². The standard InChI is InChI=1S/C15H23N3O2S/c19-13(20)10-21-15-17-16-14(18(15)12-8-9-12)11-6-4-2-1-3-5-7-11/h11-12H,1-10H2,(H,19,20). The Hall–Kier alpha value is -1.04. The smallest absolute Gasteiger partial charge is 0.313 e. The molecule has 0 aromatic carbocycles. The van der Waals surface area contributed by atoms with Gasteiger partial charge in [0, 0.05) is 12.0 Å². The maximum absolute atomic E-state index is 10.8. The fourth-order valence-corrected chi connectivity index (χ4v) is 3.91. The van der Waals surface area contributed by atoms with Crippen LogP contribution in [0.2, 0.25) is 0 Å². The molecule has 2 aliphatic rings. The molecule has 0 aliphatic heterocycles. The summed E-state index contributed by atoms with van der Waals surface area (Å²) in [5.74, 6) is 0.901. The highest BCUT2D eigenvalue weighted by atomic mass is 32.2. The molecule has 0 bridgehead atoms. The van der Waals surface area contributed by atoms with E-state index in [1.807, 2.05) is 0 Å². The highest BCUT2D eigenvalue weighted by Gasteiger charge is 2.32. The minimum absolute atomic E-state index is 0.0650. The normalized spacial score (nSPS) is 21.0. The summed E-state index contributed by atoms with van der Waals surface area (Å²) in [6.45, 7) is 0. The van der Waals surface area contributed by atoms with E-state index in [1.54, 1.807) is 0 Å². The number of thioether (sulfide) groups is 1. The van der Waals surface area contributed by atoms with Crippen LogP contribution < -0.4 is 0 Å². The molecule has 21 heavy (non-hydrogen) atoms. The molecular formula is C15H23N3O2S. The second kappa shape index (κ2) is 6.81. The van der Waals surface area contributed by atoms with Gasteiger partial charge >= 0.3 is 5.97 Å². The molecular weight excluding hydrogens is 286 g/mol. The summed E-state index contributed by atoms with van der Waals surface area (Å²) < 4.78 is 2.25. The van der Waals surface area contributed by atoms with Crippen molar-refractivity contribution in [2.45, 2.75) is 74.9 Å². The van der Waals surface area contributed by atoms with Gasteiger partial charge in [0.15, 0.2) is 5.16 Å². The molecule has 0 spiro atoms. The van der Waals surface area contributed by atoms with Crippen molar-refractivity contribution in [1.29, 1.82) is 0 Å². The van der Waals surface area contributed by atoms with Crippen molar-refractivity contribution in [1.82, 2.24) is 14.8 Å². The van der Waals surface area contributed by atoms with Gasteiger partial charge in [-0.2, -0.15) is 0 Å². The SMILES string of the molecule is O=C(O)CSc1nnc(C2CCCCCCC2)n1C1CC1. The molecule has 0 amide bonds. The van der Waals surface area contributed by atoms with Gasteiger partial charge in [-0.05, 0) is 25.7 Å². The second-order valence-corrected chi connectivity index (χ2v) is 7.11. The van der Waals surface area contributed by atoms with Gasteiger partial charge in [0.1, 0.15) is 5.82 Å². The zero-order chi connectivity index (χ0) is 14.7. The van der Waals surface area contributed by atoms with E-state index in [4.69, 9.17) is 5.11 Å².